The van der Waals surface area contributed by atoms with Gasteiger partial charge in [0.2, 0.25) is 5.91 Å². The molecule has 0 radical (unpaired) electrons. The van der Waals surface area contributed by atoms with Crippen LogP contribution in [-0.2, 0) is 11.3 Å². The Morgan fingerprint density at radius 2 is 1.83 bits per heavy atom. The number of thioether (sulfide) groups is 1. The highest BCUT2D eigenvalue weighted by molar-refractivity contribution is 7.99. The molecule has 5 nitrogen and oxygen atoms in total. The van der Waals surface area contributed by atoms with E-state index in [1.54, 1.807) is 15.9 Å². The molecular formula is C23H29N3O2S2. The molecule has 0 unspecified atom stereocenters. The van der Waals surface area contributed by atoms with Crippen molar-refractivity contribution >= 4 is 39.2 Å². The summed E-state index contributed by atoms with van der Waals surface area (Å²) in [6, 6.07) is 10.1. The zero-order valence-electron chi connectivity index (χ0n) is 18.4. The van der Waals surface area contributed by atoms with E-state index in [9.17, 15) is 9.59 Å². The number of rotatable bonds is 7. The van der Waals surface area contributed by atoms with Crippen molar-refractivity contribution in [1.29, 1.82) is 0 Å². The molecule has 0 fully saturated rings. The summed E-state index contributed by atoms with van der Waals surface area (Å²) >= 11 is 2.89. The quantitative estimate of drug-likeness (QED) is 0.373. The van der Waals surface area contributed by atoms with Crippen molar-refractivity contribution in [2.45, 2.75) is 65.3 Å². The van der Waals surface area contributed by atoms with Crippen LogP contribution in [0.1, 0.15) is 49.7 Å². The summed E-state index contributed by atoms with van der Waals surface area (Å²) in [7, 11) is 0. The number of fused-ring (bicyclic) bond motifs is 1. The average molecular weight is 444 g/mol. The lowest BCUT2D eigenvalue weighted by atomic mass is 10.2. The van der Waals surface area contributed by atoms with Gasteiger partial charge in [-0.25, -0.2) is 4.98 Å². The molecule has 0 saturated heterocycles. The molecule has 0 aliphatic carbocycles. The fourth-order valence-electron chi connectivity index (χ4n) is 3.39. The summed E-state index contributed by atoms with van der Waals surface area (Å²) in [6.45, 7) is 12.6. The summed E-state index contributed by atoms with van der Waals surface area (Å²) < 4.78 is 1.72. The summed E-state index contributed by atoms with van der Waals surface area (Å²) in [5.41, 5.74) is 2.09. The van der Waals surface area contributed by atoms with Gasteiger partial charge in [-0.3, -0.25) is 14.2 Å². The van der Waals surface area contributed by atoms with E-state index in [1.165, 1.54) is 11.8 Å². The van der Waals surface area contributed by atoms with Crippen LogP contribution in [0.3, 0.4) is 0 Å². The number of benzene rings is 1. The number of thiophene rings is 1. The molecule has 3 rings (SSSR count). The van der Waals surface area contributed by atoms with Crippen LogP contribution >= 0.6 is 23.1 Å². The van der Waals surface area contributed by atoms with Crippen LogP contribution in [0, 0.1) is 13.8 Å². The van der Waals surface area contributed by atoms with Gasteiger partial charge in [0.1, 0.15) is 4.83 Å². The van der Waals surface area contributed by atoms with E-state index in [2.05, 4.69) is 0 Å². The minimum Gasteiger partial charge on any atom is -0.335 e. The summed E-state index contributed by atoms with van der Waals surface area (Å²) in [5, 5.41) is 1.32. The fraction of sp³-hybridized carbons (Fsp3) is 0.435. The second-order valence-electron chi connectivity index (χ2n) is 8.02. The molecule has 3 aromatic rings. The zero-order chi connectivity index (χ0) is 22.0. The van der Waals surface area contributed by atoms with E-state index in [0.717, 1.165) is 20.8 Å². The maximum Gasteiger partial charge on any atom is 0.263 e. The third kappa shape index (κ3) is 4.62. The molecular weight excluding hydrogens is 414 g/mol. The van der Waals surface area contributed by atoms with Crippen molar-refractivity contribution in [2.24, 2.45) is 0 Å². The largest absolute Gasteiger partial charge is 0.335 e. The number of nitrogens with zero attached hydrogens (tertiary/aromatic N) is 3. The Kier molecular flexibility index (Phi) is 7.03. The first kappa shape index (κ1) is 22.6. The van der Waals surface area contributed by atoms with Crippen LogP contribution in [0.25, 0.3) is 10.2 Å². The third-order valence-corrected chi connectivity index (χ3v) is 7.22. The van der Waals surface area contributed by atoms with Crippen LogP contribution in [0.4, 0.5) is 0 Å². The molecule has 0 bridgehead atoms. The number of amides is 1. The predicted molar refractivity (Wildman–Crippen MR) is 127 cm³/mol. The van der Waals surface area contributed by atoms with E-state index < -0.39 is 0 Å². The van der Waals surface area contributed by atoms with Gasteiger partial charge in [0.05, 0.1) is 11.1 Å². The molecule has 0 spiro atoms. The summed E-state index contributed by atoms with van der Waals surface area (Å²) in [5.74, 6) is 0.293. The minimum atomic E-state index is -0.0304. The Hall–Kier alpha value is -2.12. The number of hydrogen-bond donors (Lipinski definition) is 0. The van der Waals surface area contributed by atoms with Gasteiger partial charge < -0.3 is 4.90 Å². The van der Waals surface area contributed by atoms with E-state index in [-0.39, 0.29) is 29.3 Å². The van der Waals surface area contributed by atoms with Crippen LogP contribution in [0.15, 0.2) is 40.3 Å². The second kappa shape index (κ2) is 9.35. The van der Waals surface area contributed by atoms with Gasteiger partial charge >= 0.3 is 0 Å². The Labute approximate surface area is 186 Å². The first-order chi connectivity index (χ1) is 14.2. The molecule has 2 heterocycles. The molecule has 1 aromatic carbocycles. The lowest BCUT2D eigenvalue weighted by molar-refractivity contribution is -0.130. The van der Waals surface area contributed by atoms with Crippen LogP contribution in [-0.4, -0.2) is 32.2 Å². The number of aromatic nitrogens is 2. The maximum absolute atomic E-state index is 13.2. The molecule has 30 heavy (non-hydrogen) atoms. The Bertz CT molecular complexity index is 1100. The van der Waals surface area contributed by atoms with Crippen molar-refractivity contribution in [3.8, 4) is 0 Å². The lowest BCUT2D eigenvalue weighted by Gasteiger charge is -2.27. The molecule has 0 N–H and O–H groups in total. The fourth-order valence-corrected chi connectivity index (χ4v) is 5.48. The standard InChI is InChI=1S/C23H29N3O2S2/c1-14(2)25(12-18-10-8-7-9-11-18)19(27)13-29-23-24-21-20(16(5)17(6)30-21)22(28)26(23)15(3)4/h7-11,14-15H,12-13H2,1-6H3. The van der Waals surface area contributed by atoms with Gasteiger partial charge in [-0.2, -0.15) is 0 Å². The topological polar surface area (TPSA) is 55.2 Å². The summed E-state index contributed by atoms with van der Waals surface area (Å²) in [4.78, 5) is 34.7. The first-order valence-corrected chi connectivity index (χ1v) is 12.0. The molecule has 0 saturated carbocycles. The number of hydrogen-bond acceptors (Lipinski definition) is 5. The Morgan fingerprint density at radius 3 is 2.43 bits per heavy atom. The van der Waals surface area contributed by atoms with Gasteiger partial charge in [0.15, 0.2) is 5.16 Å². The van der Waals surface area contributed by atoms with E-state index in [1.807, 2.05) is 76.8 Å². The normalized spacial score (nSPS) is 11.6. The van der Waals surface area contributed by atoms with E-state index >= 15 is 0 Å². The Morgan fingerprint density at radius 1 is 1.17 bits per heavy atom. The van der Waals surface area contributed by atoms with Gasteiger partial charge in [0, 0.05) is 23.5 Å². The maximum atomic E-state index is 13.2. The smallest absolute Gasteiger partial charge is 0.263 e. The average Bonchev–Trinajstić information content (AvgIpc) is 2.98. The molecule has 0 aliphatic heterocycles. The molecule has 2 aromatic heterocycles. The summed E-state index contributed by atoms with van der Waals surface area (Å²) in [6.07, 6.45) is 0. The molecule has 0 aliphatic rings. The number of carbonyl (C=O) groups excluding carboxylic acids is 1. The van der Waals surface area contributed by atoms with Gasteiger partial charge in [-0.05, 0) is 52.7 Å². The van der Waals surface area contributed by atoms with Gasteiger partial charge in [0.25, 0.3) is 5.56 Å². The van der Waals surface area contributed by atoms with Crippen LogP contribution < -0.4 is 5.56 Å². The number of aryl methyl sites for hydroxylation is 2. The molecule has 0 atom stereocenters. The van der Waals surface area contributed by atoms with Crippen LogP contribution in [0.2, 0.25) is 0 Å². The SMILES string of the molecule is Cc1sc2nc(SCC(=O)N(Cc3ccccc3)C(C)C)n(C(C)C)c(=O)c2c1C. The van der Waals surface area contributed by atoms with E-state index in [4.69, 9.17) is 4.98 Å². The highest BCUT2D eigenvalue weighted by Crippen LogP contribution is 2.29. The number of carbonyl (C=O) groups is 1. The van der Waals surface area contributed by atoms with Gasteiger partial charge in [-0.15, -0.1) is 11.3 Å². The Balaban J connectivity index is 1.87. The second-order valence-corrected chi connectivity index (χ2v) is 10.2. The highest BCUT2D eigenvalue weighted by Gasteiger charge is 2.22. The monoisotopic (exact) mass is 443 g/mol. The van der Waals surface area contributed by atoms with Crippen molar-refractivity contribution < 1.29 is 4.79 Å². The molecule has 1 amide bonds. The lowest BCUT2D eigenvalue weighted by Crippen LogP contribution is -2.37. The zero-order valence-corrected chi connectivity index (χ0v) is 20.1. The third-order valence-electron chi connectivity index (χ3n) is 5.18. The van der Waals surface area contributed by atoms with Crippen molar-refractivity contribution in [3.63, 3.8) is 0 Å². The van der Waals surface area contributed by atoms with Crippen LogP contribution in [0.5, 0.6) is 0 Å². The van der Waals surface area contributed by atoms with E-state index in [0.29, 0.717) is 17.1 Å². The molecule has 160 valence electrons. The molecule has 7 heteroatoms. The highest BCUT2D eigenvalue weighted by atomic mass is 32.2. The first-order valence-electron chi connectivity index (χ1n) is 10.2. The predicted octanol–water partition coefficient (Wildman–Crippen LogP) is 5.19. The van der Waals surface area contributed by atoms with Crippen molar-refractivity contribution in [3.05, 3.63) is 56.7 Å². The van der Waals surface area contributed by atoms with Gasteiger partial charge in [-0.1, -0.05) is 42.1 Å². The van der Waals surface area contributed by atoms with Crippen molar-refractivity contribution in [1.82, 2.24) is 14.5 Å². The van der Waals surface area contributed by atoms with Crippen molar-refractivity contribution in [2.75, 3.05) is 5.75 Å². The minimum absolute atomic E-state index is 0.0169.